The van der Waals surface area contributed by atoms with Gasteiger partial charge in [-0.25, -0.2) is 22.0 Å². The number of hydrogen-bond donors (Lipinski definition) is 0. The van der Waals surface area contributed by atoms with Crippen LogP contribution >= 0.6 is 0 Å². The van der Waals surface area contributed by atoms with Crippen LogP contribution in [0.15, 0.2) is 66.7 Å². The average molecular weight is 601 g/mol. The molecule has 0 saturated heterocycles. The molecular formula is C35H31F7O. The Bertz CT molecular complexity index is 1600. The van der Waals surface area contributed by atoms with Gasteiger partial charge in [-0.1, -0.05) is 50.1 Å². The first-order valence-corrected chi connectivity index (χ1v) is 14.4. The Hall–Kier alpha value is -3.81. The SMILES string of the molecule is CCCC1CCC(c2ccc(-c3ccc(-c4cc(F)c(C(F)(F)Oc5ccc(C)c(F)c5)c(F)c4)c(F)c3)c(F)c2)CC1. The summed E-state index contributed by atoms with van der Waals surface area (Å²) in [5, 5.41) is 0. The zero-order chi connectivity index (χ0) is 30.9. The lowest BCUT2D eigenvalue weighted by Gasteiger charge is -2.28. The monoisotopic (exact) mass is 600 g/mol. The minimum Gasteiger partial charge on any atom is -0.429 e. The van der Waals surface area contributed by atoms with E-state index in [1.165, 1.54) is 37.6 Å². The molecule has 0 unspecified atom stereocenters. The number of benzene rings is 4. The Morgan fingerprint density at radius 1 is 0.674 bits per heavy atom. The molecule has 0 aliphatic heterocycles. The first kappa shape index (κ1) is 30.6. The maximum absolute atomic E-state index is 15.2. The van der Waals surface area contributed by atoms with E-state index < -0.39 is 46.5 Å². The molecule has 43 heavy (non-hydrogen) atoms. The van der Waals surface area contributed by atoms with Crippen LogP contribution in [0.1, 0.15) is 68.1 Å². The second-order valence-corrected chi connectivity index (χ2v) is 11.3. The Labute approximate surface area is 246 Å². The zero-order valence-electron chi connectivity index (χ0n) is 23.8. The van der Waals surface area contributed by atoms with Crippen molar-refractivity contribution in [3.8, 4) is 28.0 Å². The van der Waals surface area contributed by atoms with Gasteiger partial charge in [0.25, 0.3) is 0 Å². The van der Waals surface area contributed by atoms with Gasteiger partial charge in [0.1, 0.15) is 40.4 Å². The van der Waals surface area contributed by atoms with Crippen molar-refractivity contribution in [1.29, 1.82) is 0 Å². The van der Waals surface area contributed by atoms with E-state index in [1.807, 2.05) is 6.07 Å². The van der Waals surface area contributed by atoms with Gasteiger partial charge in [0, 0.05) is 17.2 Å². The highest BCUT2D eigenvalue weighted by atomic mass is 19.3. The third-order valence-electron chi connectivity index (χ3n) is 8.32. The predicted molar refractivity (Wildman–Crippen MR) is 152 cm³/mol. The highest BCUT2D eigenvalue weighted by Crippen LogP contribution is 2.40. The van der Waals surface area contributed by atoms with Crippen LogP contribution in [0.3, 0.4) is 0 Å². The van der Waals surface area contributed by atoms with Gasteiger partial charge < -0.3 is 4.74 Å². The van der Waals surface area contributed by atoms with Crippen molar-refractivity contribution in [2.75, 3.05) is 0 Å². The second kappa shape index (κ2) is 12.4. The number of ether oxygens (including phenoxy) is 1. The van der Waals surface area contributed by atoms with Crippen molar-refractivity contribution in [1.82, 2.24) is 0 Å². The van der Waals surface area contributed by atoms with E-state index in [-0.39, 0.29) is 33.7 Å². The minimum absolute atomic E-state index is 0.171. The Balaban J connectivity index is 1.36. The fourth-order valence-corrected chi connectivity index (χ4v) is 5.97. The number of alkyl halides is 2. The third-order valence-corrected chi connectivity index (χ3v) is 8.32. The molecule has 0 spiro atoms. The molecule has 0 N–H and O–H groups in total. The van der Waals surface area contributed by atoms with Gasteiger partial charge in [-0.2, -0.15) is 8.78 Å². The minimum atomic E-state index is -4.49. The van der Waals surface area contributed by atoms with Crippen molar-refractivity contribution in [2.45, 2.75) is 64.4 Å². The van der Waals surface area contributed by atoms with Gasteiger partial charge in [0.2, 0.25) is 0 Å². The standard InChI is InChI=1S/C35H31F7O/c1-3-4-21-6-8-22(9-7-21)23-10-13-27(30(37)15-23)24-11-14-28(31(38)16-24)25-17-32(39)34(33(40)18-25)35(41,42)43-26-12-5-20(2)29(36)19-26/h5,10-19,21-22H,3-4,6-9H2,1-2H3. The van der Waals surface area contributed by atoms with E-state index >= 15 is 8.78 Å². The average Bonchev–Trinajstić information content (AvgIpc) is 2.95. The molecular weight excluding hydrogens is 569 g/mol. The second-order valence-electron chi connectivity index (χ2n) is 11.3. The summed E-state index contributed by atoms with van der Waals surface area (Å²) in [7, 11) is 0. The van der Waals surface area contributed by atoms with Gasteiger partial charge in [0.05, 0.1) is 0 Å². The van der Waals surface area contributed by atoms with E-state index in [0.717, 1.165) is 55.7 Å². The van der Waals surface area contributed by atoms with Crippen LogP contribution in [-0.4, -0.2) is 0 Å². The zero-order valence-corrected chi connectivity index (χ0v) is 23.8. The molecule has 1 aliphatic rings. The quantitative estimate of drug-likeness (QED) is 0.183. The summed E-state index contributed by atoms with van der Waals surface area (Å²) in [5.74, 6) is -5.24. The Morgan fingerprint density at radius 2 is 1.28 bits per heavy atom. The normalized spacial score (nSPS) is 17.2. The summed E-state index contributed by atoms with van der Waals surface area (Å²) in [4.78, 5) is 0. The van der Waals surface area contributed by atoms with Crippen LogP contribution in [0.5, 0.6) is 5.75 Å². The van der Waals surface area contributed by atoms with Crippen molar-refractivity contribution in [3.05, 3.63) is 113 Å². The van der Waals surface area contributed by atoms with E-state index in [4.69, 9.17) is 0 Å². The van der Waals surface area contributed by atoms with Gasteiger partial charge in [-0.05, 0) is 97.0 Å². The summed E-state index contributed by atoms with van der Waals surface area (Å²) < 4.78 is 108. The summed E-state index contributed by atoms with van der Waals surface area (Å²) in [6.07, 6.45) is 2.12. The molecule has 0 amide bonds. The Kier molecular flexibility index (Phi) is 8.86. The number of aryl methyl sites for hydroxylation is 1. The smallest absolute Gasteiger partial charge is 0.429 e. The van der Waals surface area contributed by atoms with Gasteiger partial charge >= 0.3 is 6.11 Å². The molecule has 1 nitrogen and oxygen atoms in total. The number of halogens is 7. The molecule has 0 radical (unpaired) electrons. The van der Waals surface area contributed by atoms with Crippen molar-refractivity contribution >= 4 is 0 Å². The van der Waals surface area contributed by atoms with E-state index in [1.54, 1.807) is 6.07 Å². The predicted octanol–water partition coefficient (Wildman–Crippen LogP) is 11.2. The summed E-state index contributed by atoms with van der Waals surface area (Å²) >= 11 is 0. The lowest BCUT2D eigenvalue weighted by molar-refractivity contribution is -0.189. The van der Waals surface area contributed by atoms with Gasteiger partial charge in [0.15, 0.2) is 0 Å². The van der Waals surface area contributed by atoms with Gasteiger partial charge in [-0.3, -0.25) is 0 Å². The molecule has 226 valence electrons. The van der Waals surface area contributed by atoms with Crippen LogP contribution in [0.2, 0.25) is 0 Å². The van der Waals surface area contributed by atoms with Gasteiger partial charge in [-0.15, -0.1) is 0 Å². The van der Waals surface area contributed by atoms with Crippen LogP contribution in [0.4, 0.5) is 30.7 Å². The molecule has 8 heteroatoms. The highest BCUT2D eigenvalue weighted by Gasteiger charge is 2.41. The van der Waals surface area contributed by atoms with E-state index in [0.29, 0.717) is 18.2 Å². The molecule has 1 saturated carbocycles. The maximum Gasteiger partial charge on any atom is 0.432 e. The van der Waals surface area contributed by atoms with Crippen molar-refractivity contribution in [3.63, 3.8) is 0 Å². The first-order valence-electron chi connectivity index (χ1n) is 14.4. The molecule has 5 rings (SSSR count). The van der Waals surface area contributed by atoms with Crippen molar-refractivity contribution < 1.29 is 35.5 Å². The molecule has 4 aromatic carbocycles. The third kappa shape index (κ3) is 6.58. The lowest BCUT2D eigenvalue weighted by atomic mass is 9.77. The lowest BCUT2D eigenvalue weighted by Crippen LogP contribution is -2.25. The fourth-order valence-electron chi connectivity index (χ4n) is 5.97. The van der Waals surface area contributed by atoms with Crippen molar-refractivity contribution in [2.24, 2.45) is 5.92 Å². The highest BCUT2D eigenvalue weighted by molar-refractivity contribution is 5.72. The maximum atomic E-state index is 15.2. The Morgan fingerprint density at radius 3 is 1.88 bits per heavy atom. The van der Waals surface area contributed by atoms with Crippen LogP contribution in [0, 0.1) is 41.9 Å². The van der Waals surface area contributed by atoms with Crippen LogP contribution in [0.25, 0.3) is 22.3 Å². The molecule has 1 fully saturated rings. The number of hydrogen-bond acceptors (Lipinski definition) is 1. The first-order chi connectivity index (χ1) is 20.5. The largest absolute Gasteiger partial charge is 0.432 e. The molecule has 0 heterocycles. The molecule has 4 aromatic rings. The summed E-state index contributed by atoms with van der Waals surface area (Å²) in [5.41, 5.74) is -0.827. The topological polar surface area (TPSA) is 9.23 Å². The van der Waals surface area contributed by atoms with Crippen LogP contribution < -0.4 is 4.74 Å². The van der Waals surface area contributed by atoms with E-state index in [9.17, 15) is 22.0 Å². The summed E-state index contributed by atoms with van der Waals surface area (Å²) in [6, 6.07) is 12.6. The fraction of sp³-hybridized carbons (Fsp3) is 0.314. The number of rotatable bonds is 8. The molecule has 0 atom stereocenters. The summed E-state index contributed by atoms with van der Waals surface area (Å²) in [6.45, 7) is 3.59. The molecule has 0 aromatic heterocycles. The molecule has 1 aliphatic carbocycles. The molecule has 0 bridgehead atoms. The van der Waals surface area contributed by atoms with E-state index in [2.05, 4.69) is 11.7 Å². The van der Waals surface area contributed by atoms with Crippen LogP contribution in [-0.2, 0) is 6.11 Å².